The summed E-state index contributed by atoms with van der Waals surface area (Å²) in [7, 11) is 0. The lowest BCUT2D eigenvalue weighted by molar-refractivity contribution is -0.0895. The van der Waals surface area contributed by atoms with Crippen LogP contribution >= 0.6 is 0 Å². The average molecular weight is 249 g/mol. The van der Waals surface area contributed by atoms with Gasteiger partial charge in [0.15, 0.2) is 0 Å². The van der Waals surface area contributed by atoms with Gasteiger partial charge in [-0.15, -0.1) is 0 Å². The molecule has 3 heterocycles. The van der Waals surface area contributed by atoms with Gasteiger partial charge in [-0.2, -0.15) is 10.2 Å². The van der Waals surface area contributed by atoms with Gasteiger partial charge < -0.3 is 14.8 Å². The van der Waals surface area contributed by atoms with E-state index in [1.807, 2.05) is 12.1 Å². The van der Waals surface area contributed by atoms with Gasteiger partial charge in [-0.05, 0) is 25.0 Å². The second-order valence-electron chi connectivity index (χ2n) is 5.12. The third-order valence-corrected chi connectivity index (χ3v) is 3.76. The molecule has 0 amide bonds. The molecule has 3 rings (SSSR count). The highest BCUT2D eigenvalue weighted by molar-refractivity contribution is 5.00. The monoisotopic (exact) mass is 249 g/mol. The van der Waals surface area contributed by atoms with Crippen molar-refractivity contribution in [1.82, 2.24) is 15.5 Å². The fourth-order valence-corrected chi connectivity index (χ4v) is 2.74. The zero-order valence-corrected chi connectivity index (χ0v) is 10.5. The molecule has 5 heteroatoms. The van der Waals surface area contributed by atoms with E-state index in [1.54, 1.807) is 6.20 Å². The molecule has 2 saturated heterocycles. The number of ether oxygens (including phenoxy) is 2. The zero-order chi connectivity index (χ0) is 12.3. The predicted octanol–water partition coefficient (Wildman–Crippen LogP) is 0.904. The second-order valence-corrected chi connectivity index (χ2v) is 5.12. The molecule has 0 radical (unpaired) electrons. The SMILES string of the molecule is c1cnnc(CNC2CCOC3(CCOC3)C2)c1. The van der Waals surface area contributed by atoms with Gasteiger partial charge >= 0.3 is 0 Å². The maximum absolute atomic E-state index is 5.92. The van der Waals surface area contributed by atoms with Crippen molar-refractivity contribution in [2.45, 2.75) is 37.5 Å². The Kier molecular flexibility index (Phi) is 3.54. The molecule has 0 aliphatic carbocycles. The van der Waals surface area contributed by atoms with Crippen LogP contribution in [0.25, 0.3) is 0 Å². The van der Waals surface area contributed by atoms with Crippen LogP contribution in [0.4, 0.5) is 0 Å². The van der Waals surface area contributed by atoms with E-state index in [1.165, 1.54) is 0 Å². The number of nitrogens with one attached hydrogen (secondary N) is 1. The van der Waals surface area contributed by atoms with E-state index < -0.39 is 0 Å². The molecule has 98 valence electrons. The van der Waals surface area contributed by atoms with E-state index in [0.29, 0.717) is 6.04 Å². The topological polar surface area (TPSA) is 56.3 Å². The number of hydrogen-bond acceptors (Lipinski definition) is 5. The molecular weight excluding hydrogens is 230 g/mol. The van der Waals surface area contributed by atoms with Gasteiger partial charge in [-0.3, -0.25) is 0 Å². The van der Waals surface area contributed by atoms with E-state index in [9.17, 15) is 0 Å². The lowest BCUT2D eigenvalue weighted by Gasteiger charge is -2.37. The van der Waals surface area contributed by atoms with Crippen LogP contribution in [-0.2, 0) is 16.0 Å². The Bertz CT molecular complexity index is 379. The van der Waals surface area contributed by atoms with Gasteiger partial charge in [-0.1, -0.05) is 0 Å². The van der Waals surface area contributed by atoms with Crippen LogP contribution in [0, 0.1) is 0 Å². The van der Waals surface area contributed by atoms with E-state index >= 15 is 0 Å². The van der Waals surface area contributed by atoms with Crippen LogP contribution in [0.5, 0.6) is 0 Å². The Balaban J connectivity index is 1.54. The molecule has 1 aromatic rings. The molecule has 2 aliphatic heterocycles. The third-order valence-electron chi connectivity index (χ3n) is 3.76. The summed E-state index contributed by atoms with van der Waals surface area (Å²) in [6.07, 6.45) is 4.81. The molecule has 0 bridgehead atoms. The van der Waals surface area contributed by atoms with E-state index in [2.05, 4.69) is 15.5 Å². The molecule has 5 nitrogen and oxygen atoms in total. The van der Waals surface area contributed by atoms with Crippen LogP contribution in [0.3, 0.4) is 0 Å². The van der Waals surface area contributed by atoms with E-state index in [4.69, 9.17) is 9.47 Å². The predicted molar refractivity (Wildman–Crippen MR) is 66.0 cm³/mol. The quantitative estimate of drug-likeness (QED) is 0.862. The number of rotatable bonds is 3. The lowest BCUT2D eigenvalue weighted by Crippen LogP contribution is -2.47. The number of hydrogen-bond donors (Lipinski definition) is 1. The standard InChI is InChI=1S/C13H19N3O2/c1-2-12(16-15-5-1)9-14-11-3-6-18-13(8-11)4-7-17-10-13/h1-2,5,11,14H,3-4,6-10H2. The van der Waals surface area contributed by atoms with Gasteiger partial charge in [0.2, 0.25) is 0 Å². The number of aromatic nitrogens is 2. The van der Waals surface area contributed by atoms with Crippen molar-refractivity contribution in [3.05, 3.63) is 24.0 Å². The summed E-state index contributed by atoms with van der Waals surface area (Å²) in [5.41, 5.74) is 0.957. The Labute approximate surface area is 107 Å². The molecule has 0 aromatic carbocycles. The van der Waals surface area contributed by atoms with Crippen molar-refractivity contribution in [3.8, 4) is 0 Å². The summed E-state index contributed by atoms with van der Waals surface area (Å²) < 4.78 is 11.4. The first kappa shape index (κ1) is 12.0. The fourth-order valence-electron chi connectivity index (χ4n) is 2.74. The summed E-state index contributed by atoms with van der Waals surface area (Å²) in [6.45, 7) is 3.17. The first-order valence-electron chi connectivity index (χ1n) is 6.58. The summed E-state index contributed by atoms with van der Waals surface area (Å²) in [5, 5.41) is 11.5. The van der Waals surface area contributed by atoms with Gasteiger partial charge in [0, 0.05) is 38.4 Å². The highest BCUT2D eigenvalue weighted by atomic mass is 16.6. The highest BCUT2D eigenvalue weighted by Gasteiger charge is 2.40. The van der Waals surface area contributed by atoms with Crippen LogP contribution in [0.1, 0.15) is 25.0 Å². The van der Waals surface area contributed by atoms with Crippen molar-refractivity contribution >= 4 is 0 Å². The molecular formula is C13H19N3O2. The minimum absolute atomic E-state index is 0.0295. The zero-order valence-electron chi connectivity index (χ0n) is 10.5. The Morgan fingerprint density at radius 1 is 1.44 bits per heavy atom. The molecule has 18 heavy (non-hydrogen) atoms. The maximum Gasteiger partial charge on any atom is 0.0951 e. The van der Waals surface area contributed by atoms with Gasteiger partial charge in [0.05, 0.1) is 17.9 Å². The van der Waals surface area contributed by atoms with Crippen LogP contribution in [0.15, 0.2) is 18.3 Å². The molecule has 1 spiro atoms. The van der Waals surface area contributed by atoms with Crippen molar-refractivity contribution in [3.63, 3.8) is 0 Å². The molecule has 1 aromatic heterocycles. The third kappa shape index (κ3) is 2.68. The molecule has 2 aliphatic rings. The first-order chi connectivity index (χ1) is 8.86. The summed E-state index contributed by atoms with van der Waals surface area (Å²) in [6, 6.07) is 4.40. The Morgan fingerprint density at radius 3 is 3.22 bits per heavy atom. The fraction of sp³-hybridized carbons (Fsp3) is 0.692. The largest absolute Gasteiger partial charge is 0.378 e. The smallest absolute Gasteiger partial charge is 0.0951 e. The molecule has 2 unspecified atom stereocenters. The van der Waals surface area contributed by atoms with Crippen molar-refractivity contribution in [1.29, 1.82) is 0 Å². The summed E-state index contributed by atoms with van der Waals surface area (Å²) in [4.78, 5) is 0. The second kappa shape index (κ2) is 5.30. The van der Waals surface area contributed by atoms with E-state index in [0.717, 1.165) is 51.3 Å². The first-order valence-corrected chi connectivity index (χ1v) is 6.58. The Morgan fingerprint density at radius 2 is 2.44 bits per heavy atom. The molecule has 2 fully saturated rings. The lowest BCUT2D eigenvalue weighted by atomic mass is 9.89. The van der Waals surface area contributed by atoms with Crippen molar-refractivity contribution < 1.29 is 9.47 Å². The van der Waals surface area contributed by atoms with Crippen LogP contribution in [-0.4, -0.2) is 41.7 Å². The molecule has 0 saturated carbocycles. The average Bonchev–Trinajstić information content (AvgIpc) is 2.86. The molecule has 2 atom stereocenters. The van der Waals surface area contributed by atoms with Crippen molar-refractivity contribution in [2.75, 3.05) is 19.8 Å². The van der Waals surface area contributed by atoms with Crippen molar-refractivity contribution in [2.24, 2.45) is 0 Å². The van der Waals surface area contributed by atoms with E-state index in [-0.39, 0.29) is 5.60 Å². The minimum Gasteiger partial charge on any atom is -0.378 e. The number of nitrogens with zero attached hydrogens (tertiary/aromatic N) is 2. The summed E-state index contributed by atoms with van der Waals surface area (Å²) >= 11 is 0. The molecule has 1 N–H and O–H groups in total. The van der Waals surface area contributed by atoms with Gasteiger partial charge in [-0.25, -0.2) is 0 Å². The Hall–Kier alpha value is -1.04. The van der Waals surface area contributed by atoms with Crippen LogP contribution in [0.2, 0.25) is 0 Å². The summed E-state index contributed by atoms with van der Waals surface area (Å²) in [5.74, 6) is 0. The minimum atomic E-state index is -0.0295. The maximum atomic E-state index is 5.92. The van der Waals surface area contributed by atoms with Crippen LogP contribution < -0.4 is 5.32 Å². The normalized spacial score (nSPS) is 31.9. The highest BCUT2D eigenvalue weighted by Crippen LogP contribution is 2.32. The van der Waals surface area contributed by atoms with Gasteiger partial charge in [0.25, 0.3) is 0 Å². The van der Waals surface area contributed by atoms with Gasteiger partial charge in [0.1, 0.15) is 0 Å².